The van der Waals surface area contributed by atoms with E-state index in [-0.39, 0.29) is 11.8 Å². The third kappa shape index (κ3) is 8.59. The van der Waals surface area contributed by atoms with Crippen LogP contribution in [-0.2, 0) is 9.59 Å². The predicted octanol–water partition coefficient (Wildman–Crippen LogP) is 1.72. The van der Waals surface area contributed by atoms with Crippen LogP contribution in [-0.4, -0.2) is 48.1 Å². The zero-order valence-electron chi connectivity index (χ0n) is 12.6. The van der Waals surface area contributed by atoms with E-state index in [0.29, 0.717) is 6.42 Å². The normalized spacial score (nSPS) is 12.7. The molecule has 5 heteroatoms. The third-order valence-corrected chi connectivity index (χ3v) is 3.09. The van der Waals surface area contributed by atoms with Gasteiger partial charge in [0.2, 0.25) is 5.91 Å². The quantitative estimate of drug-likeness (QED) is 0.635. The van der Waals surface area contributed by atoms with E-state index in [2.05, 4.69) is 17.1 Å². The molecule has 0 aromatic rings. The van der Waals surface area contributed by atoms with E-state index in [1.807, 2.05) is 7.05 Å². The summed E-state index contributed by atoms with van der Waals surface area (Å²) >= 11 is 0. The van der Waals surface area contributed by atoms with Crippen molar-refractivity contribution >= 4 is 11.9 Å². The third-order valence-electron chi connectivity index (χ3n) is 3.09. The number of carbonyl (C=O) groups excluding carboxylic acids is 1. The topological polar surface area (TPSA) is 69.6 Å². The zero-order chi connectivity index (χ0) is 14.8. The highest BCUT2D eigenvalue weighted by atomic mass is 16.4. The van der Waals surface area contributed by atoms with Gasteiger partial charge in [-0.05, 0) is 38.9 Å². The van der Waals surface area contributed by atoms with Crippen molar-refractivity contribution in [3.8, 4) is 0 Å². The number of amides is 1. The van der Waals surface area contributed by atoms with Gasteiger partial charge >= 0.3 is 5.97 Å². The van der Waals surface area contributed by atoms with Crippen LogP contribution in [0.5, 0.6) is 0 Å². The maximum atomic E-state index is 11.7. The van der Waals surface area contributed by atoms with Gasteiger partial charge in [-0.15, -0.1) is 0 Å². The average molecular weight is 272 g/mol. The number of rotatable bonds is 10. The van der Waals surface area contributed by atoms with E-state index in [0.717, 1.165) is 25.9 Å². The molecule has 19 heavy (non-hydrogen) atoms. The van der Waals surface area contributed by atoms with E-state index in [1.54, 1.807) is 13.8 Å². The summed E-state index contributed by atoms with van der Waals surface area (Å²) in [7, 11) is 2.04. The summed E-state index contributed by atoms with van der Waals surface area (Å²) in [5, 5.41) is 11.6. The van der Waals surface area contributed by atoms with Gasteiger partial charge < -0.3 is 15.3 Å². The van der Waals surface area contributed by atoms with Crippen molar-refractivity contribution in [3.05, 3.63) is 0 Å². The first-order valence-electron chi connectivity index (χ1n) is 7.09. The molecule has 1 atom stereocenters. The molecular weight excluding hydrogens is 244 g/mol. The fraction of sp³-hybridized carbons (Fsp3) is 0.857. The molecule has 0 aromatic heterocycles. The van der Waals surface area contributed by atoms with Gasteiger partial charge in [-0.2, -0.15) is 0 Å². The van der Waals surface area contributed by atoms with Gasteiger partial charge in [0, 0.05) is 6.42 Å². The first-order chi connectivity index (χ1) is 8.88. The molecule has 0 fully saturated rings. The van der Waals surface area contributed by atoms with Gasteiger partial charge in [0.25, 0.3) is 0 Å². The molecule has 0 aliphatic rings. The Labute approximate surface area is 116 Å². The van der Waals surface area contributed by atoms with Crippen LogP contribution in [0.1, 0.15) is 46.5 Å². The molecular formula is C14H28N2O3. The van der Waals surface area contributed by atoms with Gasteiger partial charge in [0.1, 0.15) is 6.04 Å². The van der Waals surface area contributed by atoms with Crippen molar-refractivity contribution in [3.63, 3.8) is 0 Å². The number of hydrogen-bond donors (Lipinski definition) is 2. The number of hydrogen-bond acceptors (Lipinski definition) is 3. The highest BCUT2D eigenvalue weighted by molar-refractivity contribution is 5.83. The number of nitrogens with one attached hydrogen (secondary N) is 1. The Morgan fingerprint density at radius 2 is 1.79 bits per heavy atom. The molecule has 5 nitrogen and oxygen atoms in total. The molecule has 0 heterocycles. The van der Waals surface area contributed by atoms with Crippen molar-refractivity contribution in [2.24, 2.45) is 5.92 Å². The number of aliphatic carboxylic acids is 1. The summed E-state index contributed by atoms with van der Waals surface area (Å²) < 4.78 is 0. The predicted molar refractivity (Wildman–Crippen MR) is 76.0 cm³/mol. The van der Waals surface area contributed by atoms with Crippen LogP contribution in [0.3, 0.4) is 0 Å². The lowest BCUT2D eigenvalue weighted by atomic mass is 10.0. The molecule has 2 N–H and O–H groups in total. The number of nitrogens with zero attached hydrogens (tertiary/aromatic N) is 1. The lowest BCUT2D eigenvalue weighted by Gasteiger charge is -2.19. The second kappa shape index (κ2) is 9.78. The fourth-order valence-electron chi connectivity index (χ4n) is 1.81. The molecule has 0 aromatic carbocycles. The molecule has 0 saturated carbocycles. The summed E-state index contributed by atoms with van der Waals surface area (Å²) in [5.41, 5.74) is 0. The minimum Gasteiger partial charge on any atom is -0.480 e. The summed E-state index contributed by atoms with van der Waals surface area (Å²) in [5.74, 6) is -1.25. The van der Waals surface area contributed by atoms with Gasteiger partial charge in [-0.25, -0.2) is 4.79 Å². The second-order valence-electron chi connectivity index (χ2n) is 5.39. The number of carbonyl (C=O) groups is 2. The number of carboxylic acid groups (broad SMARTS) is 1. The van der Waals surface area contributed by atoms with Crippen LogP contribution in [0.25, 0.3) is 0 Å². The minimum atomic E-state index is -0.969. The molecule has 0 spiro atoms. The Morgan fingerprint density at radius 3 is 2.26 bits per heavy atom. The van der Waals surface area contributed by atoms with Gasteiger partial charge in [-0.1, -0.05) is 27.2 Å². The summed E-state index contributed by atoms with van der Waals surface area (Å²) in [6, 6.07) is -0.787. The largest absolute Gasteiger partial charge is 0.480 e. The average Bonchev–Trinajstić information content (AvgIpc) is 2.32. The Hall–Kier alpha value is -1.10. The van der Waals surface area contributed by atoms with Crippen LogP contribution in [0.4, 0.5) is 0 Å². The van der Waals surface area contributed by atoms with Crippen molar-refractivity contribution in [1.29, 1.82) is 0 Å². The molecule has 0 radical (unpaired) electrons. The molecule has 1 amide bonds. The van der Waals surface area contributed by atoms with Crippen LogP contribution in [0.2, 0.25) is 0 Å². The van der Waals surface area contributed by atoms with Crippen LogP contribution >= 0.6 is 0 Å². The van der Waals surface area contributed by atoms with Crippen molar-refractivity contribution in [2.75, 3.05) is 20.1 Å². The molecule has 0 rings (SSSR count). The van der Waals surface area contributed by atoms with E-state index >= 15 is 0 Å². The van der Waals surface area contributed by atoms with E-state index in [9.17, 15) is 9.59 Å². The molecule has 1 unspecified atom stereocenters. The van der Waals surface area contributed by atoms with Crippen molar-refractivity contribution < 1.29 is 14.7 Å². The zero-order valence-corrected chi connectivity index (χ0v) is 12.6. The smallest absolute Gasteiger partial charge is 0.326 e. The number of unbranched alkanes of at least 4 members (excludes halogenated alkanes) is 1. The van der Waals surface area contributed by atoms with Crippen molar-refractivity contribution in [1.82, 2.24) is 10.2 Å². The first-order valence-corrected chi connectivity index (χ1v) is 7.09. The van der Waals surface area contributed by atoms with E-state index in [4.69, 9.17) is 5.11 Å². The lowest BCUT2D eigenvalue weighted by Crippen LogP contribution is -2.44. The van der Waals surface area contributed by atoms with Crippen LogP contribution < -0.4 is 5.32 Å². The Balaban J connectivity index is 3.89. The second-order valence-corrected chi connectivity index (χ2v) is 5.39. The highest BCUT2D eigenvalue weighted by Gasteiger charge is 2.22. The molecule has 0 aliphatic heterocycles. The van der Waals surface area contributed by atoms with Gasteiger partial charge in [-0.3, -0.25) is 4.79 Å². The van der Waals surface area contributed by atoms with Crippen molar-refractivity contribution in [2.45, 2.75) is 52.5 Å². The molecule has 0 saturated heterocycles. The molecule has 112 valence electrons. The first kappa shape index (κ1) is 17.9. The standard InChI is InChI=1S/C14H28N2O3/c1-5-6-9-16(4)10-7-8-12(17)15-13(11(2)3)14(18)19/h11,13H,5-10H2,1-4H3,(H,15,17)(H,18,19). The SMILES string of the molecule is CCCCN(C)CCCC(=O)NC(C(=O)O)C(C)C. The van der Waals surface area contributed by atoms with Crippen LogP contribution in [0, 0.1) is 5.92 Å². The maximum absolute atomic E-state index is 11.7. The van der Waals surface area contributed by atoms with Crippen LogP contribution in [0.15, 0.2) is 0 Å². The monoisotopic (exact) mass is 272 g/mol. The van der Waals surface area contributed by atoms with Gasteiger partial charge in [0.15, 0.2) is 0 Å². The minimum absolute atomic E-state index is 0.103. The Kier molecular flexibility index (Phi) is 9.21. The molecule has 0 bridgehead atoms. The highest BCUT2D eigenvalue weighted by Crippen LogP contribution is 2.03. The summed E-state index contributed by atoms with van der Waals surface area (Å²) in [4.78, 5) is 24.8. The lowest BCUT2D eigenvalue weighted by molar-refractivity contribution is -0.143. The Morgan fingerprint density at radius 1 is 1.21 bits per heavy atom. The van der Waals surface area contributed by atoms with Gasteiger partial charge in [0.05, 0.1) is 0 Å². The van der Waals surface area contributed by atoms with E-state index in [1.165, 1.54) is 6.42 Å². The van der Waals surface area contributed by atoms with E-state index < -0.39 is 12.0 Å². The number of carboxylic acids is 1. The Bertz CT molecular complexity index is 280. The fourth-order valence-corrected chi connectivity index (χ4v) is 1.81. The summed E-state index contributed by atoms with van der Waals surface area (Å²) in [6.45, 7) is 7.64. The molecule has 0 aliphatic carbocycles. The summed E-state index contributed by atoms with van der Waals surface area (Å²) in [6.07, 6.45) is 3.47. The maximum Gasteiger partial charge on any atom is 0.326 e.